The quantitative estimate of drug-likeness (QED) is 0.736. The van der Waals surface area contributed by atoms with Crippen molar-refractivity contribution in [3.05, 3.63) is 35.2 Å². The number of pyridine rings is 1. The number of carbonyl (C=O) groups is 1. The SMILES string of the molecule is O=C(Cc1cn2cc(Cl)ccc2n1)NCCOCCO. The van der Waals surface area contributed by atoms with E-state index < -0.39 is 0 Å². The summed E-state index contributed by atoms with van der Waals surface area (Å²) in [6.07, 6.45) is 3.73. The molecule has 0 aliphatic carbocycles. The zero-order valence-corrected chi connectivity index (χ0v) is 11.6. The maximum Gasteiger partial charge on any atom is 0.226 e. The van der Waals surface area contributed by atoms with Crippen LogP contribution < -0.4 is 5.32 Å². The van der Waals surface area contributed by atoms with Crippen molar-refractivity contribution in [2.75, 3.05) is 26.4 Å². The number of halogens is 1. The van der Waals surface area contributed by atoms with Gasteiger partial charge in [0.15, 0.2) is 0 Å². The van der Waals surface area contributed by atoms with Crippen molar-refractivity contribution in [1.29, 1.82) is 0 Å². The number of fused-ring (bicyclic) bond motifs is 1. The maximum absolute atomic E-state index is 11.7. The molecule has 0 saturated heterocycles. The first-order valence-corrected chi connectivity index (χ1v) is 6.65. The van der Waals surface area contributed by atoms with Crippen LogP contribution in [0.15, 0.2) is 24.5 Å². The third-order valence-electron chi connectivity index (χ3n) is 2.61. The topological polar surface area (TPSA) is 75.9 Å². The van der Waals surface area contributed by atoms with E-state index in [-0.39, 0.29) is 25.5 Å². The standard InChI is InChI=1S/C13H16ClN3O3/c14-10-1-2-12-16-11(9-17(12)8-10)7-13(19)15-3-5-20-6-4-18/h1-2,8-9,18H,3-7H2,(H,15,19). The molecule has 2 aromatic heterocycles. The number of ether oxygens (including phenoxy) is 1. The Morgan fingerprint density at radius 3 is 3.05 bits per heavy atom. The van der Waals surface area contributed by atoms with E-state index in [0.717, 1.165) is 5.65 Å². The smallest absolute Gasteiger partial charge is 0.226 e. The van der Waals surface area contributed by atoms with Gasteiger partial charge in [-0.1, -0.05) is 11.6 Å². The van der Waals surface area contributed by atoms with E-state index in [2.05, 4.69) is 10.3 Å². The average Bonchev–Trinajstić information content (AvgIpc) is 2.79. The lowest BCUT2D eigenvalue weighted by atomic mass is 10.3. The third kappa shape index (κ3) is 4.19. The molecule has 1 amide bonds. The molecular formula is C13H16ClN3O3. The molecule has 0 aliphatic rings. The summed E-state index contributed by atoms with van der Waals surface area (Å²) in [5.74, 6) is -0.118. The highest BCUT2D eigenvalue weighted by molar-refractivity contribution is 6.30. The molecule has 0 bridgehead atoms. The number of aliphatic hydroxyl groups excluding tert-OH is 1. The molecule has 0 saturated carbocycles. The van der Waals surface area contributed by atoms with Crippen molar-refractivity contribution in [3.8, 4) is 0 Å². The van der Waals surface area contributed by atoms with Gasteiger partial charge in [-0.3, -0.25) is 4.79 Å². The van der Waals surface area contributed by atoms with E-state index in [1.165, 1.54) is 0 Å². The third-order valence-corrected chi connectivity index (χ3v) is 2.83. The summed E-state index contributed by atoms with van der Waals surface area (Å²) in [5.41, 5.74) is 1.43. The molecule has 2 aromatic rings. The van der Waals surface area contributed by atoms with E-state index >= 15 is 0 Å². The van der Waals surface area contributed by atoms with Crippen LogP contribution in [0.3, 0.4) is 0 Å². The maximum atomic E-state index is 11.7. The minimum Gasteiger partial charge on any atom is -0.394 e. The molecule has 0 aromatic carbocycles. The summed E-state index contributed by atoms with van der Waals surface area (Å²) in [6, 6.07) is 3.55. The van der Waals surface area contributed by atoms with E-state index in [1.807, 2.05) is 0 Å². The van der Waals surface area contributed by atoms with Gasteiger partial charge in [-0.2, -0.15) is 0 Å². The first-order chi connectivity index (χ1) is 9.69. The fourth-order valence-corrected chi connectivity index (χ4v) is 1.93. The molecule has 6 nitrogen and oxygen atoms in total. The van der Waals surface area contributed by atoms with Gasteiger partial charge in [0.05, 0.1) is 37.0 Å². The van der Waals surface area contributed by atoms with Crippen LogP contribution in [0.25, 0.3) is 5.65 Å². The highest BCUT2D eigenvalue weighted by Crippen LogP contribution is 2.11. The number of amides is 1. The zero-order valence-electron chi connectivity index (χ0n) is 10.9. The van der Waals surface area contributed by atoms with Crippen LogP contribution in [0.5, 0.6) is 0 Å². The van der Waals surface area contributed by atoms with Gasteiger partial charge < -0.3 is 19.6 Å². The number of aliphatic hydroxyl groups is 1. The predicted octanol–water partition coefficient (Wildman–Crippen LogP) is 0.655. The van der Waals surface area contributed by atoms with Crippen LogP contribution in [0.2, 0.25) is 5.02 Å². The zero-order chi connectivity index (χ0) is 14.4. The van der Waals surface area contributed by atoms with Crippen molar-refractivity contribution in [1.82, 2.24) is 14.7 Å². The summed E-state index contributed by atoms with van der Waals surface area (Å²) < 4.78 is 6.83. The normalized spacial score (nSPS) is 10.9. The Bertz CT molecular complexity index is 585. The van der Waals surface area contributed by atoms with Crippen LogP contribution >= 0.6 is 11.6 Å². The predicted molar refractivity (Wildman–Crippen MR) is 74.8 cm³/mol. The Kier molecular flexibility index (Phi) is 5.34. The summed E-state index contributed by atoms with van der Waals surface area (Å²) in [6.45, 7) is 1.06. The average molecular weight is 298 g/mol. The fourth-order valence-electron chi connectivity index (χ4n) is 1.76. The molecule has 0 atom stereocenters. The van der Waals surface area contributed by atoms with Gasteiger partial charge in [-0.05, 0) is 12.1 Å². The number of carbonyl (C=O) groups excluding carboxylic acids is 1. The Labute approximate surface area is 121 Å². The number of rotatable bonds is 7. The van der Waals surface area contributed by atoms with Gasteiger partial charge >= 0.3 is 0 Å². The van der Waals surface area contributed by atoms with Gasteiger partial charge in [0.25, 0.3) is 0 Å². The number of hydrogen-bond donors (Lipinski definition) is 2. The Morgan fingerprint density at radius 1 is 1.40 bits per heavy atom. The van der Waals surface area contributed by atoms with Gasteiger partial charge in [0, 0.05) is 18.9 Å². The van der Waals surface area contributed by atoms with Crippen molar-refractivity contribution in [2.45, 2.75) is 6.42 Å². The molecule has 2 N–H and O–H groups in total. The van der Waals surface area contributed by atoms with Gasteiger partial charge in [-0.25, -0.2) is 4.98 Å². The van der Waals surface area contributed by atoms with Gasteiger partial charge in [0.1, 0.15) is 5.65 Å². The van der Waals surface area contributed by atoms with Gasteiger partial charge in [0.2, 0.25) is 5.91 Å². The lowest BCUT2D eigenvalue weighted by Crippen LogP contribution is -2.29. The molecule has 0 spiro atoms. The van der Waals surface area contributed by atoms with Crippen molar-refractivity contribution in [3.63, 3.8) is 0 Å². The molecule has 0 fully saturated rings. The van der Waals surface area contributed by atoms with Crippen molar-refractivity contribution < 1.29 is 14.6 Å². The van der Waals surface area contributed by atoms with Gasteiger partial charge in [-0.15, -0.1) is 0 Å². The molecule has 2 heterocycles. The van der Waals surface area contributed by atoms with Crippen LogP contribution in [-0.4, -0.2) is 46.8 Å². The monoisotopic (exact) mass is 297 g/mol. The van der Waals surface area contributed by atoms with E-state index in [0.29, 0.717) is 23.9 Å². The summed E-state index contributed by atoms with van der Waals surface area (Å²) in [7, 11) is 0. The van der Waals surface area contributed by atoms with E-state index in [9.17, 15) is 4.79 Å². The highest BCUT2D eigenvalue weighted by atomic mass is 35.5. The lowest BCUT2D eigenvalue weighted by Gasteiger charge is -2.04. The fraction of sp³-hybridized carbons (Fsp3) is 0.385. The van der Waals surface area contributed by atoms with Crippen LogP contribution in [0.4, 0.5) is 0 Å². The van der Waals surface area contributed by atoms with Crippen LogP contribution in [0, 0.1) is 0 Å². The second-order valence-corrected chi connectivity index (χ2v) is 4.64. The van der Waals surface area contributed by atoms with E-state index in [4.69, 9.17) is 21.4 Å². The first-order valence-electron chi connectivity index (χ1n) is 6.27. The van der Waals surface area contributed by atoms with Crippen molar-refractivity contribution in [2.24, 2.45) is 0 Å². The lowest BCUT2D eigenvalue weighted by molar-refractivity contribution is -0.120. The molecular weight excluding hydrogens is 282 g/mol. The Hall–Kier alpha value is -1.63. The molecule has 20 heavy (non-hydrogen) atoms. The highest BCUT2D eigenvalue weighted by Gasteiger charge is 2.07. The number of imidazole rings is 1. The molecule has 0 aliphatic heterocycles. The minimum absolute atomic E-state index is 0.0161. The Balaban J connectivity index is 1.83. The molecule has 7 heteroatoms. The summed E-state index contributed by atoms with van der Waals surface area (Å²) >= 11 is 5.88. The minimum atomic E-state index is -0.118. The van der Waals surface area contributed by atoms with Crippen molar-refractivity contribution >= 4 is 23.2 Å². The second kappa shape index (κ2) is 7.23. The Morgan fingerprint density at radius 2 is 2.25 bits per heavy atom. The molecule has 2 rings (SSSR count). The molecule has 0 radical (unpaired) electrons. The summed E-state index contributed by atoms with van der Waals surface area (Å²) in [5, 5.41) is 11.9. The van der Waals surface area contributed by atoms with Crippen LogP contribution in [0.1, 0.15) is 5.69 Å². The van der Waals surface area contributed by atoms with Crippen LogP contribution in [-0.2, 0) is 16.0 Å². The van der Waals surface area contributed by atoms with E-state index in [1.54, 1.807) is 28.9 Å². The first kappa shape index (κ1) is 14.8. The number of aromatic nitrogens is 2. The number of nitrogens with one attached hydrogen (secondary N) is 1. The number of nitrogens with zero attached hydrogens (tertiary/aromatic N) is 2. The molecule has 0 unspecified atom stereocenters. The molecule has 108 valence electrons. The number of hydrogen-bond acceptors (Lipinski definition) is 4. The second-order valence-electron chi connectivity index (χ2n) is 4.21. The summed E-state index contributed by atoms with van der Waals surface area (Å²) in [4.78, 5) is 16.0. The largest absolute Gasteiger partial charge is 0.394 e.